The van der Waals surface area contributed by atoms with Crippen molar-refractivity contribution in [1.82, 2.24) is 15.2 Å². The topological polar surface area (TPSA) is 94.7 Å². The lowest BCUT2D eigenvalue weighted by molar-refractivity contribution is -0.0208. The fourth-order valence-electron chi connectivity index (χ4n) is 4.13. The predicted molar refractivity (Wildman–Crippen MR) is 115 cm³/mol. The maximum absolute atomic E-state index is 15.1. The molecule has 0 radical (unpaired) electrons. The summed E-state index contributed by atoms with van der Waals surface area (Å²) in [7, 11) is 1.38. The van der Waals surface area contributed by atoms with E-state index in [-0.39, 0.29) is 42.9 Å². The van der Waals surface area contributed by atoms with E-state index in [9.17, 15) is 14.7 Å². The van der Waals surface area contributed by atoms with Crippen LogP contribution in [0.4, 0.5) is 13.6 Å². The summed E-state index contributed by atoms with van der Waals surface area (Å²) in [6.07, 6.45) is -1.23. The van der Waals surface area contributed by atoms with Gasteiger partial charge in [0, 0.05) is 36.5 Å². The Morgan fingerprint density at radius 3 is 2.62 bits per heavy atom. The van der Waals surface area contributed by atoms with Crippen molar-refractivity contribution in [3.05, 3.63) is 58.7 Å². The zero-order chi connectivity index (χ0) is 23.0. The first-order valence-corrected chi connectivity index (χ1v) is 10.2. The highest BCUT2D eigenvalue weighted by Crippen LogP contribution is 2.36. The second kappa shape index (κ2) is 8.58. The predicted octanol–water partition coefficient (Wildman–Crippen LogP) is 3.70. The molecule has 0 spiro atoms. The number of nitrogens with zero attached hydrogens (tertiary/aromatic N) is 1. The fourth-order valence-corrected chi connectivity index (χ4v) is 4.13. The number of carbonyl (C=O) groups excluding carboxylic acids is 1. The monoisotopic (exact) mass is 443 g/mol. The average molecular weight is 443 g/mol. The van der Waals surface area contributed by atoms with E-state index >= 15 is 8.78 Å². The molecule has 1 aromatic heterocycles. The van der Waals surface area contributed by atoms with Crippen molar-refractivity contribution in [1.29, 1.82) is 0 Å². The normalized spacial score (nSPS) is 16.4. The number of rotatable bonds is 4. The van der Waals surface area contributed by atoms with Crippen LogP contribution in [0.1, 0.15) is 21.5 Å². The summed E-state index contributed by atoms with van der Waals surface area (Å²) in [4.78, 5) is 27.6. The van der Waals surface area contributed by atoms with E-state index in [0.717, 1.165) is 23.1 Å². The zero-order valence-corrected chi connectivity index (χ0v) is 17.7. The number of amides is 2. The molecule has 1 saturated heterocycles. The van der Waals surface area contributed by atoms with Gasteiger partial charge in [0.25, 0.3) is 5.91 Å². The highest BCUT2D eigenvalue weighted by atomic mass is 19.1. The number of hydrogen-bond donors (Lipinski definition) is 3. The van der Waals surface area contributed by atoms with Gasteiger partial charge in [0.15, 0.2) is 0 Å². The number of H-pyrrole nitrogens is 1. The van der Waals surface area contributed by atoms with E-state index in [1.54, 1.807) is 0 Å². The lowest BCUT2D eigenvalue weighted by Crippen LogP contribution is -2.45. The Hall–Kier alpha value is -3.46. The summed E-state index contributed by atoms with van der Waals surface area (Å²) < 4.78 is 35.9. The molecule has 7 nitrogen and oxygen atoms in total. The smallest absolute Gasteiger partial charge is 0.407 e. The van der Waals surface area contributed by atoms with Gasteiger partial charge in [0.05, 0.1) is 30.5 Å². The molecular formula is C23H23F2N3O4. The molecule has 3 N–H and O–H groups in total. The van der Waals surface area contributed by atoms with E-state index in [1.807, 2.05) is 25.1 Å². The largest absolute Gasteiger partial charge is 0.465 e. The summed E-state index contributed by atoms with van der Waals surface area (Å²) in [5, 5.41) is 12.4. The average Bonchev–Trinajstić information content (AvgIpc) is 3.09. The number of hydrogen-bond acceptors (Lipinski definition) is 3. The van der Waals surface area contributed by atoms with E-state index < -0.39 is 29.7 Å². The first-order valence-electron chi connectivity index (χ1n) is 10.2. The SMILES string of the molecule is CNC(=O)c1cc(F)c(-c2[nH]c3cc(C)ccc3c2C[C@H]2CN(C(=O)O)CCO2)c(F)c1. The van der Waals surface area contributed by atoms with E-state index in [4.69, 9.17) is 4.74 Å². The number of benzene rings is 2. The van der Waals surface area contributed by atoms with Gasteiger partial charge in [-0.05, 0) is 36.2 Å². The van der Waals surface area contributed by atoms with Crippen molar-refractivity contribution >= 4 is 22.9 Å². The van der Waals surface area contributed by atoms with Crippen LogP contribution in [0.2, 0.25) is 0 Å². The second-order valence-corrected chi connectivity index (χ2v) is 7.85. The molecule has 0 saturated carbocycles. The van der Waals surface area contributed by atoms with Crippen LogP contribution in [0.3, 0.4) is 0 Å². The second-order valence-electron chi connectivity index (χ2n) is 7.85. The van der Waals surface area contributed by atoms with Gasteiger partial charge in [0.1, 0.15) is 11.6 Å². The minimum atomic E-state index is -1.03. The molecular weight excluding hydrogens is 420 g/mol. The molecule has 1 aliphatic heterocycles. The van der Waals surface area contributed by atoms with Crippen molar-refractivity contribution in [2.45, 2.75) is 19.4 Å². The molecule has 32 heavy (non-hydrogen) atoms. The molecule has 9 heteroatoms. The van der Waals surface area contributed by atoms with E-state index in [0.29, 0.717) is 11.1 Å². The molecule has 2 amide bonds. The Labute approximate surface area is 183 Å². The first kappa shape index (κ1) is 21.8. The molecule has 0 unspecified atom stereocenters. The maximum Gasteiger partial charge on any atom is 0.407 e. The maximum atomic E-state index is 15.1. The number of aromatic nitrogens is 1. The highest BCUT2D eigenvalue weighted by molar-refractivity contribution is 5.95. The molecule has 2 aromatic carbocycles. The minimum Gasteiger partial charge on any atom is -0.465 e. The van der Waals surface area contributed by atoms with Crippen molar-refractivity contribution in [3.63, 3.8) is 0 Å². The Kier molecular flexibility index (Phi) is 5.84. The lowest BCUT2D eigenvalue weighted by atomic mass is 9.97. The third-order valence-corrected chi connectivity index (χ3v) is 5.68. The van der Waals surface area contributed by atoms with Gasteiger partial charge in [-0.2, -0.15) is 0 Å². The van der Waals surface area contributed by atoms with E-state index in [1.165, 1.54) is 11.9 Å². The van der Waals surface area contributed by atoms with Crippen LogP contribution in [-0.4, -0.2) is 59.8 Å². The Bertz CT molecular complexity index is 1180. The molecule has 0 aliphatic carbocycles. The Morgan fingerprint density at radius 1 is 1.25 bits per heavy atom. The molecule has 2 heterocycles. The fraction of sp³-hybridized carbons (Fsp3) is 0.304. The summed E-state index contributed by atoms with van der Waals surface area (Å²) in [6.45, 7) is 2.59. The van der Waals surface area contributed by atoms with Gasteiger partial charge in [0.2, 0.25) is 0 Å². The van der Waals surface area contributed by atoms with Gasteiger partial charge in [-0.15, -0.1) is 0 Å². The summed E-state index contributed by atoms with van der Waals surface area (Å²) in [5.74, 6) is -2.33. The number of ether oxygens (including phenoxy) is 1. The Balaban J connectivity index is 1.82. The van der Waals surface area contributed by atoms with Crippen molar-refractivity contribution < 1.29 is 28.2 Å². The van der Waals surface area contributed by atoms with Crippen molar-refractivity contribution in [2.75, 3.05) is 26.7 Å². The van der Waals surface area contributed by atoms with Crippen LogP contribution in [0.25, 0.3) is 22.2 Å². The number of halogens is 2. The lowest BCUT2D eigenvalue weighted by Gasteiger charge is -2.31. The summed E-state index contributed by atoms with van der Waals surface area (Å²) in [6, 6.07) is 7.65. The molecule has 3 aromatic rings. The quantitative estimate of drug-likeness (QED) is 0.573. The van der Waals surface area contributed by atoms with Crippen LogP contribution in [0, 0.1) is 18.6 Å². The van der Waals surface area contributed by atoms with Crippen LogP contribution >= 0.6 is 0 Å². The van der Waals surface area contributed by atoms with Gasteiger partial charge >= 0.3 is 6.09 Å². The molecule has 1 atom stereocenters. The molecule has 168 valence electrons. The van der Waals surface area contributed by atoms with Gasteiger partial charge in [-0.3, -0.25) is 4.79 Å². The third kappa shape index (κ3) is 4.03. The Morgan fingerprint density at radius 2 is 1.97 bits per heavy atom. The number of carboxylic acid groups (broad SMARTS) is 1. The van der Waals surface area contributed by atoms with Crippen LogP contribution in [-0.2, 0) is 11.2 Å². The molecule has 0 bridgehead atoms. The minimum absolute atomic E-state index is 0.118. The number of aryl methyl sites for hydroxylation is 1. The van der Waals surface area contributed by atoms with Crippen molar-refractivity contribution in [2.24, 2.45) is 0 Å². The van der Waals surface area contributed by atoms with E-state index in [2.05, 4.69) is 10.3 Å². The highest BCUT2D eigenvalue weighted by Gasteiger charge is 2.28. The summed E-state index contributed by atoms with van der Waals surface area (Å²) >= 11 is 0. The van der Waals surface area contributed by atoms with Crippen LogP contribution in [0.5, 0.6) is 0 Å². The molecule has 1 fully saturated rings. The zero-order valence-electron chi connectivity index (χ0n) is 17.7. The van der Waals surface area contributed by atoms with Gasteiger partial charge in [-0.1, -0.05) is 12.1 Å². The van der Waals surface area contributed by atoms with Crippen molar-refractivity contribution in [3.8, 4) is 11.3 Å². The number of morpholine rings is 1. The number of nitrogens with one attached hydrogen (secondary N) is 2. The third-order valence-electron chi connectivity index (χ3n) is 5.68. The standard InChI is InChI=1S/C23H23F2N3O4/c1-12-3-4-15-16(10-14-11-28(23(30)31)5-6-32-14)21(27-19(15)7-12)20-17(24)8-13(9-18(20)25)22(29)26-2/h3-4,7-9,14,27H,5-6,10-11H2,1-2H3,(H,26,29)(H,30,31)/t14-/m0/s1. The number of fused-ring (bicyclic) bond motifs is 1. The molecule has 4 rings (SSSR count). The molecule has 1 aliphatic rings. The van der Waals surface area contributed by atoms with Crippen LogP contribution < -0.4 is 5.32 Å². The van der Waals surface area contributed by atoms with Gasteiger partial charge < -0.3 is 25.0 Å². The number of aromatic amines is 1. The summed E-state index contributed by atoms with van der Waals surface area (Å²) in [5.41, 5.74) is 2.16. The number of carbonyl (C=O) groups is 2. The van der Waals surface area contributed by atoms with Crippen LogP contribution in [0.15, 0.2) is 30.3 Å². The first-order chi connectivity index (χ1) is 15.3. The van der Waals surface area contributed by atoms with Gasteiger partial charge in [-0.25, -0.2) is 13.6 Å².